The number of carbonyl (C=O) groups is 1. The second-order valence-electron chi connectivity index (χ2n) is 8.47. The molecule has 0 fully saturated rings. The van der Waals surface area contributed by atoms with Gasteiger partial charge in [-0.25, -0.2) is 0 Å². The third-order valence-electron chi connectivity index (χ3n) is 5.77. The molecule has 38 heavy (non-hydrogen) atoms. The first-order chi connectivity index (χ1) is 18.5. The molecule has 1 amide bonds. The molecule has 0 aliphatic rings. The zero-order valence-electron chi connectivity index (χ0n) is 22.6. The number of ether oxygens (including phenoxy) is 5. The normalized spacial score (nSPS) is 10.8. The van der Waals surface area contributed by atoms with E-state index in [0.717, 1.165) is 28.8 Å². The number of nitrogens with one attached hydrogen (secondary N) is 2. The maximum Gasteiger partial charge on any atom is 0.216 e. The first kappa shape index (κ1) is 28.4. The van der Waals surface area contributed by atoms with Gasteiger partial charge in [0, 0.05) is 26.6 Å². The first-order valence-electron chi connectivity index (χ1n) is 12.3. The lowest BCUT2D eigenvalue weighted by Crippen LogP contribution is -2.29. The number of rotatable bonds is 14. The average molecular weight is 521 g/mol. The highest BCUT2D eigenvalue weighted by molar-refractivity contribution is 5.74. The van der Waals surface area contributed by atoms with Crippen molar-refractivity contribution < 1.29 is 28.5 Å². The topological polar surface area (TPSA) is 87.3 Å². The molecule has 0 saturated heterocycles. The van der Waals surface area contributed by atoms with Crippen LogP contribution in [-0.2, 0) is 17.9 Å². The summed E-state index contributed by atoms with van der Waals surface area (Å²) >= 11 is 0. The summed E-state index contributed by atoms with van der Waals surface area (Å²) in [7, 11) is 6.40. The highest BCUT2D eigenvalue weighted by atomic mass is 16.5. The maximum atomic E-state index is 10.9. The lowest BCUT2D eigenvalue weighted by atomic mass is 10.1. The van der Waals surface area contributed by atoms with Gasteiger partial charge in [-0.1, -0.05) is 42.5 Å². The summed E-state index contributed by atoms with van der Waals surface area (Å²) in [6.45, 7) is 3.98. The fourth-order valence-corrected chi connectivity index (χ4v) is 3.77. The summed E-state index contributed by atoms with van der Waals surface area (Å²) in [5.41, 5.74) is 4.07. The van der Waals surface area contributed by atoms with Crippen molar-refractivity contribution in [3.8, 4) is 28.7 Å². The van der Waals surface area contributed by atoms with Gasteiger partial charge in [-0.15, -0.1) is 0 Å². The summed E-state index contributed by atoms with van der Waals surface area (Å²) in [5.74, 6) is 3.04. The molecule has 8 heteroatoms. The summed E-state index contributed by atoms with van der Waals surface area (Å²) < 4.78 is 27.9. The lowest BCUT2D eigenvalue weighted by Gasteiger charge is -2.13. The van der Waals surface area contributed by atoms with Crippen LogP contribution in [0.4, 0.5) is 0 Å². The lowest BCUT2D eigenvalue weighted by molar-refractivity contribution is -0.118. The van der Waals surface area contributed by atoms with Crippen molar-refractivity contribution in [2.24, 2.45) is 0 Å². The van der Waals surface area contributed by atoms with Gasteiger partial charge in [-0.3, -0.25) is 4.79 Å². The second kappa shape index (κ2) is 14.5. The molecule has 0 aliphatic carbocycles. The maximum absolute atomic E-state index is 10.9. The first-order valence-corrected chi connectivity index (χ1v) is 12.3. The molecule has 3 aromatic rings. The molecule has 0 saturated carbocycles. The van der Waals surface area contributed by atoms with E-state index in [1.165, 1.54) is 6.92 Å². The minimum atomic E-state index is -0.0204. The molecular weight excluding hydrogens is 484 g/mol. The van der Waals surface area contributed by atoms with Crippen LogP contribution >= 0.6 is 0 Å². The van der Waals surface area contributed by atoms with Gasteiger partial charge in [0.15, 0.2) is 23.0 Å². The molecule has 202 valence electrons. The number of amides is 1. The van der Waals surface area contributed by atoms with Crippen molar-refractivity contribution in [3.63, 3.8) is 0 Å². The summed E-state index contributed by atoms with van der Waals surface area (Å²) in [5, 5.41) is 6.08. The van der Waals surface area contributed by atoms with E-state index in [-0.39, 0.29) is 5.91 Å². The fourth-order valence-electron chi connectivity index (χ4n) is 3.77. The number of hydrogen-bond donors (Lipinski definition) is 2. The van der Waals surface area contributed by atoms with Crippen molar-refractivity contribution in [2.45, 2.75) is 20.1 Å². The van der Waals surface area contributed by atoms with Crippen LogP contribution in [0.5, 0.6) is 28.7 Å². The smallest absolute Gasteiger partial charge is 0.216 e. The van der Waals surface area contributed by atoms with Gasteiger partial charge in [0.05, 0.1) is 28.4 Å². The largest absolute Gasteiger partial charge is 0.493 e. The van der Waals surface area contributed by atoms with Crippen LogP contribution in [0, 0.1) is 0 Å². The number of carbonyl (C=O) groups excluding carboxylic acids is 1. The third-order valence-corrected chi connectivity index (χ3v) is 5.77. The Morgan fingerprint density at radius 3 is 1.92 bits per heavy atom. The molecule has 2 N–H and O–H groups in total. The molecule has 0 unspecified atom stereocenters. The van der Waals surface area contributed by atoms with E-state index in [9.17, 15) is 4.79 Å². The highest BCUT2D eigenvalue weighted by Gasteiger charge is 2.12. The molecule has 0 bridgehead atoms. The van der Waals surface area contributed by atoms with Gasteiger partial charge in [0.1, 0.15) is 6.61 Å². The SMILES string of the molecule is COc1ccc(/C=C\c2cc(OC)c(OC)c(OC)c2)cc1OCc1ccc(CNCCNC(C)=O)cc1. The van der Waals surface area contributed by atoms with Crippen molar-refractivity contribution in [2.75, 3.05) is 41.5 Å². The van der Waals surface area contributed by atoms with Crippen LogP contribution in [0.2, 0.25) is 0 Å². The van der Waals surface area contributed by atoms with E-state index in [1.807, 2.05) is 54.6 Å². The van der Waals surface area contributed by atoms with Crippen molar-refractivity contribution >= 4 is 18.1 Å². The number of methoxy groups -OCH3 is 4. The van der Waals surface area contributed by atoms with Crippen molar-refractivity contribution in [1.82, 2.24) is 10.6 Å². The fraction of sp³-hybridized carbons (Fsp3) is 0.300. The zero-order chi connectivity index (χ0) is 27.3. The zero-order valence-corrected chi connectivity index (χ0v) is 22.6. The molecule has 0 spiro atoms. The summed E-state index contributed by atoms with van der Waals surface area (Å²) in [6.07, 6.45) is 3.96. The standard InChI is InChI=1S/C30H36N2O6/c1-21(33)32-15-14-31-19-23-7-9-24(10-8-23)20-38-27-16-22(12-13-26(27)34-2)6-11-25-17-28(35-3)30(37-5)29(18-25)36-4/h6-13,16-18,31H,14-15,19-20H2,1-5H3,(H,32,33)/b11-6-. The third kappa shape index (κ3) is 8.18. The molecule has 3 rings (SSSR count). The second-order valence-corrected chi connectivity index (χ2v) is 8.47. The Hall–Kier alpha value is -4.17. The molecule has 0 heterocycles. The predicted molar refractivity (Wildman–Crippen MR) is 149 cm³/mol. The Labute approximate surface area is 224 Å². The van der Waals surface area contributed by atoms with E-state index in [0.29, 0.717) is 48.4 Å². The molecule has 0 aliphatic heterocycles. The van der Waals surface area contributed by atoms with E-state index in [4.69, 9.17) is 23.7 Å². The van der Waals surface area contributed by atoms with Gasteiger partial charge >= 0.3 is 0 Å². The molecule has 3 aromatic carbocycles. The van der Waals surface area contributed by atoms with Crippen molar-refractivity contribution in [3.05, 3.63) is 76.9 Å². The Bertz CT molecular complexity index is 1200. The molecule has 0 aromatic heterocycles. The Morgan fingerprint density at radius 1 is 0.711 bits per heavy atom. The summed E-state index contributed by atoms with van der Waals surface area (Å²) in [6, 6.07) is 17.8. The van der Waals surface area contributed by atoms with Gasteiger partial charge < -0.3 is 34.3 Å². The Morgan fingerprint density at radius 2 is 1.32 bits per heavy atom. The van der Waals surface area contributed by atoms with Gasteiger partial charge in [-0.05, 0) is 46.5 Å². The Kier molecular flexibility index (Phi) is 10.9. The minimum Gasteiger partial charge on any atom is -0.493 e. The monoisotopic (exact) mass is 520 g/mol. The van der Waals surface area contributed by atoms with Gasteiger partial charge in [0.2, 0.25) is 11.7 Å². The molecule has 8 nitrogen and oxygen atoms in total. The quantitative estimate of drug-likeness (QED) is 0.235. The highest BCUT2D eigenvalue weighted by Crippen LogP contribution is 2.38. The van der Waals surface area contributed by atoms with Crippen LogP contribution in [0.25, 0.3) is 12.2 Å². The predicted octanol–water partition coefficient (Wildman–Crippen LogP) is 4.70. The number of benzene rings is 3. The van der Waals surface area contributed by atoms with Crippen LogP contribution < -0.4 is 34.3 Å². The van der Waals surface area contributed by atoms with E-state index < -0.39 is 0 Å². The summed E-state index contributed by atoms with van der Waals surface area (Å²) in [4.78, 5) is 10.9. The van der Waals surface area contributed by atoms with Crippen LogP contribution in [0.3, 0.4) is 0 Å². The molecule has 0 radical (unpaired) electrons. The molecule has 0 atom stereocenters. The molecular formula is C30H36N2O6. The number of hydrogen-bond acceptors (Lipinski definition) is 7. The van der Waals surface area contributed by atoms with Crippen LogP contribution in [0.1, 0.15) is 29.2 Å². The Balaban J connectivity index is 1.64. The van der Waals surface area contributed by atoms with Gasteiger partial charge in [-0.2, -0.15) is 0 Å². The average Bonchev–Trinajstić information content (AvgIpc) is 2.94. The van der Waals surface area contributed by atoms with Crippen LogP contribution in [-0.4, -0.2) is 47.4 Å². The van der Waals surface area contributed by atoms with Crippen molar-refractivity contribution in [1.29, 1.82) is 0 Å². The van der Waals surface area contributed by atoms with E-state index >= 15 is 0 Å². The minimum absolute atomic E-state index is 0.0204. The van der Waals surface area contributed by atoms with E-state index in [1.54, 1.807) is 28.4 Å². The van der Waals surface area contributed by atoms with Gasteiger partial charge in [0.25, 0.3) is 0 Å². The van der Waals surface area contributed by atoms with Crippen LogP contribution in [0.15, 0.2) is 54.6 Å². The van der Waals surface area contributed by atoms with E-state index in [2.05, 4.69) is 22.8 Å².